The molecule has 0 saturated heterocycles. The molecule has 2 rings (SSSR count). The van der Waals surface area contributed by atoms with Crippen LogP contribution in [0, 0.1) is 11.8 Å². The summed E-state index contributed by atoms with van der Waals surface area (Å²) < 4.78 is 0. The molecular weight excluding hydrogens is 246 g/mol. The van der Waals surface area contributed by atoms with Gasteiger partial charge in [0.05, 0.1) is 5.60 Å². The minimum atomic E-state index is -0.773. The molecule has 2 aromatic rings. The topological polar surface area (TPSA) is 33.1 Å². The van der Waals surface area contributed by atoms with Crippen LogP contribution in [0.5, 0.6) is 0 Å². The van der Waals surface area contributed by atoms with Crippen molar-refractivity contribution in [3.05, 3.63) is 42.2 Å². The van der Waals surface area contributed by atoms with Crippen LogP contribution in [0.3, 0.4) is 0 Å². The van der Waals surface area contributed by atoms with Gasteiger partial charge in [0.15, 0.2) is 0 Å². The Labute approximate surface area is 121 Å². The van der Waals surface area contributed by atoms with Gasteiger partial charge < -0.3 is 5.11 Å². The highest BCUT2D eigenvalue weighted by molar-refractivity contribution is 5.85. The average Bonchev–Trinajstić information content (AvgIpc) is 2.36. The predicted molar refractivity (Wildman–Crippen MR) is 84.5 cm³/mol. The van der Waals surface area contributed by atoms with Gasteiger partial charge in [-0.2, -0.15) is 0 Å². The van der Waals surface area contributed by atoms with E-state index in [-0.39, 0.29) is 0 Å². The van der Waals surface area contributed by atoms with Gasteiger partial charge in [-0.05, 0) is 41.7 Å². The molecule has 0 fully saturated rings. The highest BCUT2D eigenvalue weighted by atomic mass is 16.3. The molecule has 0 unspecified atom stereocenters. The second-order valence-electron chi connectivity index (χ2n) is 6.63. The van der Waals surface area contributed by atoms with E-state index in [0.29, 0.717) is 11.8 Å². The summed E-state index contributed by atoms with van der Waals surface area (Å²) in [5.74, 6) is 0.899. The summed E-state index contributed by atoms with van der Waals surface area (Å²) in [4.78, 5) is 4.23. The number of benzene rings is 1. The van der Waals surface area contributed by atoms with E-state index in [2.05, 4.69) is 44.8 Å². The van der Waals surface area contributed by atoms with Crippen LogP contribution in [0.15, 0.2) is 36.7 Å². The Morgan fingerprint density at radius 2 is 1.70 bits per heavy atom. The molecular formula is C18H25NO. The largest absolute Gasteiger partial charge is 0.385 e. The minimum absolute atomic E-state index is 0.450. The van der Waals surface area contributed by atoms with Crippen LogP contribution in [0.4, 0.5) is 0 Å². The molecule has 1 N–H and O–H groups in total. The molecule has 0 spiro atoms. The third kappa shape index (κ3) is 3.18. The smallest absolute Gasteiger partial charge is 0.0908 e. The van der Waals surface area contributed by atoms with Gasteiger partial charge in [-0.15, -0.1) is 0 Å². The van der Waals surface area contributed by atoms with Gasteiger partial charge in [0, 0.05) is 17.8 Å². The van der Waals surface area contributed by atoms with Crippen molar-refractivity contribution in [1.82, 2.24) is 4.98 Å². The maximum Gasteiger partial charge on any atom is 0.0908 e. The molecule has 1 heterocycles. The Bertz CT molecular complexity index is 559. The lowest BCUT2D eigenvalue weighted by atomic mass is 9.78. The van der Waals surface area contributed by atoms with Crippen LogP contribution in [-0.2, 0) is 5.60 Å². The number of aromatic nitrogens is 1. The van der Waals surface area contributed by atoms with E-state index in [1.165, 1.54) is 0 Å². The Morgan fingerprint density at radius 1 is 1.05 bits per heavy atom. The SMILES string of the molecule is CC(C)CC(O)(CC(C)C)c1cccc2ccncc12. The first kappa shape index (κ1) is 15.0. The van der Waals surface area contributed by atoms with E-state index in [4.69, 9.17) is 0 Å². The van der Waals surface area contributed by atoms with E-state index < -0.39 is 5.60 Å². The molecule has 108 valence electrons. The summed E-state index contributed by atoms with van der Waals surface area (Å²) >= 11 is 0. The molecule has 0 amide bonds. The second kappa shape index (κ2) is 5.92. The number of hydrogen-bond donors (Lipinski definition) is 1. The molecule has 0 bridgehead atoms. The van der Waals surface area contributed by atoms with E-state index in [0.717, 1.165) is 29.2 Å². The highest BCUT2D eigenvalue weighted by Crippen LogP contribution is 2.38. The fourth-order valence-corrected chi connectivity index (χ4v) is 3.17. The van der Waals surface area contributed by atoms with Gasteiger partial charge in [0.2, 0.25) is 0 Å². The molecule has 1 aromatic heterocycles. The first-order valence-corrected chi connectivity index (χ1v) is 7.48. The standard InChI is InChI=1S/C18H25NO/c1-13(2)10-18(20,11-14(3)4)17-7-5-6-15-8-9-19-12-16(15)17/h5-9,12-14,20H,10-11H2,1-4H3. The van der Waals surface area contributed by atoms with Crippen LogP contribution in [0.1, 0.15) is 46.1 Å². The molecule has 0 aliphatic heterocycles. The molecule has 20 heavy (non-hydrogen) atoms. The third-order valence-corrected chi connectivity index (χ3v) is 3.68. The lowest BCUT2D eigenvalue weighted by Gasteiger charge is -2.33. The van der Waals surface area contributed by atoms with Crippen LogP contribution < -0.4 is 0 Å². The number of pyridine rings is 1. The summed E-state index contributed by atoms with van der Waals surface area (Å²) in [5.41, 5.74) is 0.246. The fraction of sp³-hybridized carbons (Fsp3) is 0.500. The van der Waals surface area contributed by atoms with Crippen LogP contribution in [0.25, 0.3) is 10.8 Å². The van der Waals surface area contributed by atoms with Gasteiger partial charge in [-0.1, -0.05) is 45.9 Å². The Morgan fingerprint density at radius 3 is 2.30 bits per heavy atom. The molecule has 2 nitrogen and oxygen atoms in total. The van der Waals surface area contributed by atoms with Gasteiger partial charge in [0.25, 0.3) is 0 Å². The van der Waals surface area contributed by atoms with E-state index in [1.807, 2.05) is 18.3 Å². The molecule has 1 aromatic carbocycles. The molecule has 0 saturated carbocycles. The van der Waals surface area contributed by atoms with E-state index in [9.17, 15) is 5.11 Å². The van der Waals surface area contributed by atoms with Crippen LogP contribution in [0.2, 0.25) is 0 Å². The molecule has 0 aliphatic rings. The first-order chi connectivity index (χ1) is 9.42. The maximum absolute atomic E-state index is 11.3. The summed E-state index contributed by atoms with van der Waals surface area (Å²) in [6.45, 7) is 8.65. The Hall–Kier alpha value is -1.41. The van der Waals surface area contributed by atoms with Crippen molar-refractivity contribution in [2.45, 2.75) is 46.1 Å². The average molecular weight is 271 g/mol. The van der Waals surface area contributed by atoms with Crippen molar-refractivity contribution in [2.75, 3.05) is 0 Å². The van der Waals surface area contributed by atoms with Gasteiger partial charge in [-0.3, -0.25) is 4.98 Å². The van der Waals surface area contributed by atoms with Crippen molar-refractivity contribution in [3.63, 3.8) is 0 Å². The highest BCUT2D eigenvalue weighted by Gasteiger charge is 2.32. The minimum Gasteiger partial charge on any atom is -0.385 e. The normalized spacial score (nSPS) is 12.6. The van der Waals surface area contributed by atoms with Crippen molar-refractivity contribution in [3.8, 4) is 0 Å². The Kier molecular flexibility index (Phi) is 4.44. The monoisotopic (exact) mass is 271 g/mol. The van der Waals surface area contributed by atoms with E-state index >= 15 is 0 Å². The van der Waals surface area contributed by atoms with Gasteiger partial charge in [-0.25, -0.2) is 0 Å². The Balaban J connectivity index is 2.56. The van der Waals surface area contributed by atoms with Crippen molar-refractivity contribution in [2.24, 2.45) is 11.8 Å². The van der Waals surface area contributed by atoms with Crippen molar-refractivity contribution in [1.29, 1.82) is 0 Å². The zero-order valence-electron chi connectivity index (χ0n) is 12.9. The van der Waals surface area contributed by atoms with E-state index in [1.54, 1.807) is 6.20 Å². The second-order valence-corrected chi connectivity index (χ2v) is 6.63. The number of fused-ring (bicyclic) bond motifs is 1. The van der Waals surface area contributed by atoms with Crippen LogP contribution in [-0.4, -0.2) is 10.1 Å². The quantitative estimate of drug-likeness (QED) is 0.867. The molecule has 0 atom stereocenters. The summed E-state index contributed by atoms with van der Waals surface area (Å²) in [6.07, 6.45) is 5.23. The first-order valence-electron chi connectivity index (χ1n) is 7.48. The summed E-state index contributed by atoms with van der Waals surface area (Å²) in [7, 11) is 0. The maximum atomic E-state index is 11.3. The zero-order valence-corrected chi connectivity index (χ0v) is 12.9. The van der Waals surface area contributed by atoms with Crippen molar-refractivity contribution >= 4 is 10.8 Å². The number of hydrogen-bond acceptors (Lipinski definition) is 2. The number of nitrogens with zero attached hydrogens (tertiary/aromatic N) is 1. The lowest BCUT2D eigenvalue weighted by Crippen LogP contribution is -2.30. The third-order valence-electron chi connectivity index (χ3n) is 3.68. The fourth-order valence-electron chi connectivity index (χ4n) is 3.17. The lowest BCUT2D eigenvalue weighted by molar-refractivity contribution is -0.00313. The molecule has 0 aliphatic carbocycles. The molecule has 0 radical (unpaired) electrons. The summed E-state index contributed by atoms with van der Waals surface area (Å²) in [6, 6.07) is 8.16. The van der Waals surface area contributed by atoms with Gasteiger partial charge >= 0.3 is 0 Å². The van der Waals surface area contributed by atoms with Crippen molar-refractivity contribution < 1.29 is 5.11 Å². The number of rotatable bonds is 5. The number of aliphatic hydroxyl groups is 1. The van der Waals surface area contributed by atoms with Gasteiger partial charge in [0.1, 0.15) is 0 Å². The van der Waals surface area contributed by atoms with Crippen LogP contribution >= 0.6 is 0 Å². The zero-order chi connectivity index (χ0) is 14.8. The molecule has 2 heteroatoms. The summed E-state index contributed by atoms with van der Waals surface area (Å²) in [5, 5.41) is 13.5. The predicted octanol–water partition coefficient (Wildman–Crippen LogP) is 4.51.